The summed E-state index contributed by atoms with van der Waals surface area (Å²) in [6.07, 6.45) is 1.08. The fraction of sp³-hybridized carbons (Fsp3) is 0.778. The third-order valence-corrected chi connectivity index (χ3v) is 2.23. The molecule has 0 saturated heterocycles. The lowest BCUT2D eigenvalue weighted by Crippen LogP contribution is -2.23. The summed E-state index contributed by atoms with van der Waals surface area (Å²) in [5.74, 6) is 1.86. The van der Waals surface area contributed by atoms with Crippen molar-refractivity contribution in [3.05, 3.63) is 11.6 Å². The van der Waals surface area contributed by atoms with Gasteiger partial charge in [-0.15, -0.1) is 0 Å². The van der Waals surface area contributed by atoms with E-state index in [2.05, 4.69) is 22.3 Å². The van der Waals surface area contributed by atoms with Gasteiger partial charge in [-0.25, -0.2) is 4.98 Å². The molecule has 1 heterocycles. The van der Waals surface area contributed by atoms with Crippen molar-refractivity contribution in [3.63, 3.8) is 0 Å². The summed E-state index contributed by atoms with van der Waals surface area (Å²) in [6, 6.07) is 0.531. The highest BCUT2D eigenvalue weighted by molar-refractivity contribution is 4.87. The molecule has 0 aromatic carbocycles. The van der Waals surface area contributed by atoms with Crippen molar-refractivity contribution in [2.75, 3.05) is 7.05 Å². The van der Waals surface area contributed by atoms with Crippen LogP contribution >= 0.6 is 0 Å². The summed E-state index contributed by atoms with van der Waals surface area (Å²) in [6.45, 7) is 7.02. The molecule has 1 aromatic heterocycles. The largest absolute Gasteiger partial charge is 0.317 e. The maximum absolute atomic E-state index is 4.29. The van der Waals surface area contributed by atoms with E-state index in [1.54, 1.807) is 0 Å². The van der Waals surface area contributed by atoms with Crippen molar-refractivity contribution >= 4 is 0 Å². The standard InChI is InChI=1S/C9H18N4/c1-7(10-4)5-6-13-9(3)11-8(2)12-13/h7,10H,5-6H2,1-4H3. The predicted octanol–water partition coefficient (Wildman–Crippen LogP) is 0.893. The van der Waals surface area contributed by atoms with E-state index in [1.807, 2.05) is 25.6 Å². The van der Waals surface area contributed by atoms with Crippen molar-refractivity contribution < 1.29 is 0 Å². The topological polar surface area (TPSA) is 42.7 Å². The minimum atomic E-state index is 0.531. The van der Waals surface area contributed by atoms with Crippen molar-refractivity contribution in [1.29, 1.82) is 0 Å². The van der Waals surface area contributed by atoms with Gasteiger partial charge in [0.05, 0.1) is 0 Å². The van der Waals surface area contributed by atoms with Crippen LogP contribution < -0.4 is 5.32 Å². The molecule has 4 nitrogen and oxygen atoms in total. The van der Waals surface area contributed by atoms with Crippen LogP contribution in [-0.4, -0.2) is 27.9 Å². The second-order valence-electron chi connectivity index (χ2n) is 3.41. The highest BCUT2D eigenvalue weighted by atomic mass is 15.3. The van der Waals surface area contributed by atoms with E-state index in [9.17, 15) is 0 Å². The Morgan fingerprint density at radius 1 is 1.46 bits per heavy atom. The van der Waals surface area contributed by atoms with Gasteiger partial charge in [0.2, 0.25) is 0 Å². The number of aromatic nitrogens is 3. The average molecular weight is 182 g/mol. The first-order chi connectivity index (χ1) is 6.13. The molecule has 0 saturated carbocycles. The Morgan fingerprint density at radius 2 is 2.15 bits per heavy atom. The Labute approximate surface area is 79.4 Å². The predicted molar refractivity (Wildman–Crippen MR) is 52.6 cm³/mol. The molecule has 0 bridgehead atoms. The van der Waals surface area contributed by atoms with Crippen LogP contribution in [0, 0.1) is 13.8 Å². The summed E-state index contributed by atoms with van der Waals surface area (Å²) in [5, 5.41) is 7.49. The lowest BCUT2D eigenvalue weighted by molar-refractivity contribution is 0.477. The molecule has 1 N–H and O–H groups in total. The van der Waals surface area contributed by atoms with Gasteiger partial charge in [-0.3, -0.25) is 4.68 Å². The first-order valence-electron chi connectivity index (χ1n) is 4.68. The quantitative estimate of drug-likeness (QED) is 0.752. The zero-order chi connectivity index (χ0) is 9.84. The normalized spacial score (nSPS) is 13.2. The molecule has 0 aliphatic rings. The van der Waals surface area contributed by atoms with E-state index < -0.39 is 0 Å². The zero-order valence-corrected chi connectivity index (χ0v) is 8.83. The van der Waals surface area contributed by atoms with Gasteiger partial charge in [0, 0.05) is 12.6 Å². The summed E-state index contributed by atoms with van der Waals surface area (Å²) in [5.41, 5.74) is 0. The van der Waals surface area contributed by atoms with E-state index in [0.717, 1.165) is 24.6 Å². The molecule has 1 atom stereocenters. The Hall–Kier alpha value is -0.900. The SMILES string of the molecule is CNC(C)CCn1nc(C)nc1C. The zero-order valence-electron chi connectivity index (χ0n) is 8.83. The van der Waals surface area contributed by atoms with Crippen molar-refractivity contribution in [2.45, 2.75) is 39.8 Å². The van der Waals surface area contributed by atoms with Crippen molar-refractivity contribution in [1.82, 2.24) is 20.1 Å². The minimum absolute atomic E-state index is 0.531. The Bertz CT molecular complexity index is 267. The molecule has 0 radical (unpaired) electrons. The summed E-state index contributed by atoms with van der Waals surface area (Å²) >= 11 is 0. The van der Waals surface area contributed by atoms with E-state index >= 15 is 0 Å². The maximum atomic E-state index is 4.29. The Balaban J connectivity index is 2.49. The molecule has 1 aromatic rings. The van der Waals surface area contributed by atoms with Crippen molar-refractivity contribution in [3.8, 4) is 0 Å². The number of nitrogens with one attached hydrogen (secondary N) is 1. The average Bonchev–Trinajstić information content (AvgIpc) is 2.41. The lowest BCUT2D eigenvalue weighted by Gasteiger charge is -2.09. The van der Waals surface area contributed by atoms with Crippen LogP contribution in [0.4, 0.5) is 0 Å². The number of hydrogen-bond acceptors (Lipinski definition) is 3. The first-order valence-corrected chi connectivity index (χ1v) is 4.68. The van der Waals surface area contributed by atoms with Crippen LogP contribution in [0.2, 0.25) is 0 Å². The van der Waals surface area contributed by atoms with Crippen molar-refractivity contribution in [2.24, 2.45) is 0 Å². The summed E-state index contributed by atoms with van der Waals surface area (Å²) in [7, 11) is 1.98. The Kier molecular flexibility index (Phi) is 3.42. The van der Waals surface area contributed by atoms with Crippen LogP contribution in [0.1, 0.15) is 25.0 Å². The molecular weight excluding hydrogens is 164 g/mol. The third kappa shape index (κ3) is 2.81. The van der Waals surface area contributed by atoms with Gasteiger partial charge in [0.1, 0.15) is 11.6 Å². The maximum Gasteiger partial charge on any atom is 0.147 e. The monoisotopic (exact) mass is 182 g/mol. The highest BCUT2D eigenvalue weighted by Gasteiger charge is 2.03. The summed E-state index contributed by atoms with van der Waals surface area (Å²) < 4.78 is 1.96. The van der Waals surface area contributed by atoms with Gasteiger partial charge in [-0.05, 0) is 34.2 Å². The number of aryl methyl sites for hydroxylation is 3. The molecular formula is C9H18N4. The van der Waals surface area contributed by atoms with E-state index in [4.69, 9.17) is 0 Å². The van der Waals surface area contributed by atoms with Gasteiger partial charge in [-0.2, -0.15) is 5.10 Å². The van der Waals surface area contributed by atoms with E-state index in [1.165, 1.54) is 0 Å². The van der Waals surface area contributed by atoms with E-state index in [-0.39, 0.29) is 0 Å². The Morgan fingerprint density at radius 3 is 2.62 bits per heavy atom. The minimum Gasteiger partial charge on any atom is -0.317 e. The molecule has 0 aliphatic carbocycles. The molecule has 0 amide bonds. The number of nitrogens with zero attached hydrogens (tertiary/aromatic N) is 3. The molecule has 13 heavy (non-hydrogen) atoms. The fourth-order valence-electron chi connectivity index (χ4n) is 1.23. The summed E-state index contributed by atoms with van der Waals surface area (Å²) in [4.78, 5) is 4.25. The van der Waals surface area contributed by atoms with Gasteiger partial charge in [0.15, 0.2) is 0 Å². The highest BCUT2D eigenvalue weighted by Crippen LogP contribution is 1.99. The third-order valence-electron chi connectivity index (χ3n) is 2.23. The molecule has 0 spiro atoms. The second kappa shape index (κ2) is 4.37. The van der Waals surface area contributed by atoms with Gasteiger partial charge < -0.3 is 5.32 Å². The number of rotatable bonds is 4. The van der Waals surface area contributed by atoms with Crippen LogP contribution in [-0.2, 0) is 6.54 Å². The molecule has 74 valence electrons. The molecule has 0 fully saturated rings. The fourth-order valence-corrected chi connectivity index (χ4v) is 1.23. The van der Waals surface area contributed by atoms with E-state index in [0.29, 0.717) is 6.04 Å². The van der Waals surface area contributed by atoms with Crippen LogP contribution in [0.25, 0.3) is 0 Å². The van der Waals surface area contributed by atoms with Crippen LogP contribution in [0.3, 0.4) is 0 Å². The van der Waals surface area contributed by atoms with Gasteiger partial charge in [-0.1, -0.05) is 0 Å². The van der Waals surface area contributed by atoms with Gasteiger partial charge in [0.25, 0.3) is 0 Å². The number of hydrogen-bond donors (Lipinski definition) is 1. The first kappa shape index (κ1) is 10.2. The molecule has 1 unspecified atom stereocenters. The molecule has 1 rings (SSSR count). The van der Waals surface area contributed by atoms with Crippen LogP contribution in [0.15, 0.2) is 0 Å². The smallest absolute Gasteiger partial charge is 0.147 e. The lowest BCUT2D eigenvalue weighted by atomic mass is 10.2. The van der Waals surface area contributed by atoms with Crippen LogP contribution in [0.5, 0.6) is 0 Å². The molecule has 0 aliphatic heterocycles. The second-order valence-corrected chi connectivity index (χ2v) is 3.41. The van der Waals surface area contributed by atoms with Gasteiger partial charge >= 0.3 is 0 Å². The molecule has 4 heteroatoms.